The van der Waals surface area contributed by atoms with Crippen molar-refractivity contribution in [1.29, 1.82) is 0 Å². The van der Waals surface area contributed by atoms with E-state index in [0.29, 0.717) is 6.42 Å². The number of hydrogen-bond donors (Lipinski definition) is 1. The van der Waals surface area contributed by atoms with E-state index in [0.717, 1.165) is 18.5 Å². The molecule has 5 heteroatoms. The summed E-state index contributed by atoms with van der Waals surface area (Å²) < 4.78 is 1.40. The van der Waals surface area contributed by atoms with Gasteiger partial charge in [0, 0.05) is 18.8 Å². The third-order valence-corrected chi connectivity index (χ3v) is 2.90. The second-order valence-electron chi connectivity index (χ2n) is 4.78. The van der Waals surface area contributed by atoms with Crippen LogP contribution in [-0.2, 0) is 11.2 Å². The van der Waals surface area contributed by atoms with Crippen LogP contribution in [0.5, 0.6) is 0 Å². The quantitative estimate of drug-likeness (QED) is 0.731. The summed E-state index contributed by atoms with van der Waals surface area (Å²) in [5.74, 6) is -0.522. The molecular weight excluding hydrogens is 242 g/mol. The Morgan fingerprint density at radius 3 is 2.74 bits per heavy atom. The van der Waals surface area contributed by atoms with Crippen molar-refractivity contribution in [3.05, 3.63) is 46.9 Å². The van der Waals surface area contributed by atoms with Gasteiger partial charge in [-0.25, -0.2) is 0 Å². The highest BCUT2D eigenvalue weighted by atomic mass is 16.2. The molecule has 0 bridgehead atoms. The maximum Gasteiger partial charge on any atom is 0.251 e. The lowest BCUT2D eigenvalue weighted by Crippen LogP contribution is -2.33. The number of rotatable bonds is 7. The Morgan fingerprint density at radius 1 is 1.53 bits per heavy atom. The number of carbonyl (C=O) groups excluding carboxylic acids is 1. The molecular formula is C14H21N3O2. The molecule has 0 fully saturated rings. The molecule has 0 unspecified atom stereocenters. The molecule has 0 radical (unpaired) electrons. The van der Waals surface area contributed by atoms with E-state index in [9.17, 15) is 9.59 Å². The first-order valence-electron chi connectivity index (χ1n) is 6.21. The molecule has 19 heavy (non-hydrogen) atoms. The van der Waals surface area contributed by atoms with Gasteiger partial charge < -0.3 is 15.2 Å². The van der Waals surface area contributed by atoms with Crippen molar-refractivity contribution >= 4 is 5.91 Å². The second-order valence-corrected chi connectivity index (χ2v) is 4.78. The van der Waals surface area contributed by atoms with Crippen LogP contribution in [0.2, 0.25) is 0 Å². The zero-order valence-corrected chi connectivity index (χ0v) is 11.5. The van der Waals surface area contributed by atoms with Crippen molar-refractivity contribution in [1.82, 2.24) is 9.47 Å². The molecule has 104 valence electrons. The van der Waals surface area contributed by atoms with Crippen LogP contribution in [0.25, 0.3) is 0 Å². The molecule has 1 rings (SSSR count). The van der Waals surface area contributed by atoms with Gasteiger partial charge in [0.05, 0.1) is 0 Å². The topological polar surface area (TPSA) is 68.3 Å². The van der Waals surface area contributed by atoms with E-state index in [1.807, 2.05) is 14.1 Å². The number of primary amides is 1. The standard InChI is InChI=1S/C14H21N3O2/c1-4-5-12(14(15)19)17-10-11(6-7-13(17)18)8-9-16(2)3/h4,6-7,10,12H,1,5,8-9H2,2-3H3,(H2,15,19)/t12-/m0/s1. The highest BCUT2D eigenvalue weighted by Gasteiger charge is 2.17. The molecule has 1 aromatic heterocycles. The van der Waals surface area contributed by atoms with Crippen LogP contribution < -0.4 is 11.3 Å². The normalized spacial score (nSPS) is 12.4. The predicted octanol–water partition coefficient (Wildman–Crippen LogP) is 0.555. The van der Waals surface area contributed by atoms with Crippen molar-refractivity contribution in [2.45, 2.75) is 18.9 Å². The van der Waals surface area contributed by atoms with E-state index in [1.165, 1.54) is 10.6 Å². The van der Waals surface area contributed by atoms with Crippen LogP contribution in [0.15, 0.2) is 35.8 Å². The van der Waals surface area contributed by atoms with Crippen LogP contribution >= 0.6 is 0 Å². The van der Waals surface area contributed by atoms with Crippen molar-refractivity contribution in [3.8, 4) is 0 Å². The predicted molar refractivity (Wildman–Crippen MR) is 76.0 cm³/mol. The molecule has 0 aliphatic heterocycles. The molecule has 0 saturated heterocycles. The maximum absolute atomic E-state index is 11.8. The van der Waals surface area contributed by atoms with E-state index in [2.05, 4.69) is 11.5 Å². The van der Waals surface area contributed by atoms with Gasteiger partial charge >= 0.3 is 0 Å². The van der Waals surface area contributed by atoms with Gasteiger partial charge in [-0.2, -0.15) is 0 Å². The van der Waals surface area contributed by atoms with Crippen LogP contribution in [0, 0.1) is 0 Å². The Bertz CT molecular complexity index is 506. The molecule has 2 N–H and O–H groups in total. The zero-order chi connectivity index (χ0) is 14.4. The van der Waals surface area contributed by atoms with E-state index in [4.69, 9.17) is 5.73 Å². The summed E-state index contributed by atoms with van der Waals surface area (Å²) in [4.78, 5) is 25.3. The van der Waals surface area contributed by atoms with Gasteiger partial charge in [-0.15, -0.1) is 6.58 Å². The average Bonchev–Trinajstić information content (AvgIpc) is 2.35. The number of amides is 1. The fourth-order valence-electron chi connectivity index (χ4n) is 1.82. The molecule has 5 nitrogen and oxygen atoms in total. The van der Waals surface area contributed by atoms with E-state index >= 15 is 0 Å². The minimum absolute atomic E-state index is 0.223. The highest BCUT2D eigenvalue weighted by Crippen LogP contribution is 2.10. The van der Waals surface area contributed by atoms with Crippen molar-refractivity contribution < 1.29 is 4.79 Å². The lowest BCUT2D eigenvalue weighted by atomic mass is 10.1. The van der Waals surface area contributed by atoms with E-state index in [1.54, 1.807) is 18.3 Å². The zero-order valence-electron chi connectivity index (χ0n) is 11.5. The van der Waals surface area contributed by atoms with Gasteiger partial charge in [0.1, 0.15) is 6.04 Å². The van der Waals surface area contributed by atoms with E-state index in [-0.39, 0.29) is 5.56 Å². The summed E-state index contributed by atoms with van der Waals surface area (Å²) in [7, 11) is 3.97. The fourth-order valence-corrected chi connectivity index (χ4v) is 1.82. The fraction of sp³-hybridized carbons (Fsp3) is 0.429. The SMILES string of the molecule is C=CC[C@@H](C(N)=O)n1cc(CCN(C)C)ccc1=O. The molecule has 1 aromatic rings. The van der Waals surface area contributed by atoms with Gasteiger partial charge in [-0.1, -0.05) is 12.1 Å². The van der Waals surface area contributed by atoms with Gasteiger partial charge in [0.25, 0.3) is 5.56 Å². The number of likely N-dealkylation sites (N-methyl/N-ethyl adjacent to an activating group) is 1. The molecule has 0 aliphatic rings. The smallest absolute Gasteiger partial charge is 0.251 e. The third kappa shape index (κ3) is 4.37. The Balaban J connectivity index is 3.04. The largest absolute Gasteiger partial charge is 0.368 e. The Hall–Kier alpha value is -1.88. The Labute approximate surface area is 113 Å². The van der Waals surface area contributed by atoms with E-state index < -0.39 is 11.9 Å². The first-order valence-corrected chi connectivity index (χ1v) is 6.21. The number of pyridine rings is 1. The van der Waals surface area contributed by atoms with Gasteiger partial charge in [-0.3, -0.25) is 9.59 Å². The van der Waals surface area contributed by atoms with Crippen molar-refractivity contribution in [2.24, 2.45) is 5.73 Å². The van der Waals surface area contributed by atoms with Crippen LogP contribution in [0.3, 0.4) is 0 Å². The van der Waals surface area contributed by atoms with Crippen molar-refractivity contribution in [3.63, 3.8) is 0 Å². The average molecular weight is 263 g/mol. The second kappa shape index (κ2) is 6.89. The minimum atomic E-state index is -0.663. The summed E-state index contributed by atoms with van der Waals surface area (Å²) >= 11 is 0. The summed E-state index contributed by atoms with van der Waals surface area (Å²) in [5.41, 5.74) is 6.12. The Kier molecular flexibility index (Phi) is 5.51. The molecule has 0 aliphatic carbocycles. The number of aromatic nitrogens is 1. The minimum Gasteiger partial charge on any atom is -0.368 e. The highest BCUT2D eigenvalue weighted by molar-refractivity contribution is 5.78. The first kappa shape index (κ1) is 15.2. The maximum atomic E-state index is 11.8. The number of hydrogen-bond acceptors (Lipinski definition) is 3. The molecule has 0 spiro atoms. The summed E-state index contributed by atoms with van der Waals surface area (Å²) in [5, 5.41) is 0. The summed E-state index contributed by atoms with van der Waals surface area (Å²) in [6, 6.07) is 2.60. The first-order chi connectivity index (χ1) is 8.95. The number of nitrogens with two attached hydrogens (primary N) is 1. The van der Waals surface area contributed by atoms with Crippen LogP contribution in [0.4, 0.5) is 0 Å². The molecule has 1 heterocycles. The molecule has 1 amide bonds. The molecule has 1 atom stereocenters. The molecule has 0 aromatic carbocycles. The van der Waals surface area contributed by atoms with Crippen LogP contribution in [0.1, 0.15) is 18.0 Å². The van der Waals surface area contributed by atoms with Gasteiger partial charge in [0.15, 0.2) is 0 Å². The number of nitrogens with zero attached hydrogens (tertiary/aromatic N) is 2. The van der Waals surface area contributed by atoms with Crippen LogP contribution in [-0.4, -0.2) is 36.0 Å². The number of carbonyl (C=O) groups is 1. The number of allylic oxidation sites excluding steroid dienone is 1. The van der Waals surface area contributed by atoms with Gasteiger partial charge in [-0.05, 0) is 32.5 Å². The summed E-state index contributed by atoms with van der Waals surface area (Å²) in [6.07, 6.45) is 4.47. The summed E-state index contributed by atoms with van der Waals surface area (Å²) in [6.45, 7) is 4.47. The monoisotopic (exact) mass is 263 g/mol. The third-order valence-electron chi connectivity index (χ3n) is 2.90. The lowest BCUT2D eigenvalue weighted by Gasteiger charge is -2.16. The van der Waals surface area contributed by atoms with Crippen molar-refractivity contribution in [2.75, 3.05) is 20.6 Å². The molecule has 0 saturated carbocycles. The lowest BCUT2D eigenvalue weighted by molar-refractivity contribution is -0.121. The Morgan fingerprint density at radius 2 is 2.21 bits per heavy atom. The van der Waals surface area contributed by atoms with Gasteiger partial charge in [0.2, 0.25) is 5.91 Å².